The van der Waals surface area contributed by atoms with E-state index in [0.717, 1.165) is 5.56 Å². The maximum atomic E-state index is 10.6. The Kier molecular flexibility index (Phi) is 2.39. The van der Waals surface area contributed by atoms with Gasteiger partial charge in [-0.25, -0.2) is 4.98 Å². The summed E-state index contributed by atoms with van der Waals surface area (Å²) in [4.78, 5) is 17.5. The number of imidazole rings is 1. The number of carbonyl (C=O) groups is 1. The molecule has 15 heavy (non-hydrogen) atoms. The molecule has 0 spiro atoms. The summed E-state index contributed by atoms with van der Waals surface area (Å²) in [5, 5.41) is 17.8. The summed E-state index contributed by atoms with van der Waals surface area (Å²) < 4.78 is 0. The van der Waals surface area contributed by atoms with Gasteiger partial charge in [-0.05, 0) is 5.56 Å². The zero-order valence-corrected chi connectivity index (χ0v) is 7.90. The zero-order valence-electron chi connectivity index (χ0n) is 7.90. The molecule has 0 atom stereocenters. The minimum absolute atomic E-state index is 0.0624. The predicted octanol–water partition coefficient (Wildman–Crippen LogP) is 0.682. The van der Waals surface area contributed by atoms with Crippen molar-refractivity contribution in [3.05, 3.63) is 29.6 Å². The summed E-state index contributed by atoms with van der Waals surface area (Å²) in [6.45, 7) is -0.0912. The monoisotopic (exact) mass is 206 g/mol. The van der Waals surface area contributed by atoms with Gasteiger partial charge in [-0.3, -0.25) is 4.79 Å². The lowest BCUT2D eigenvalue weighted by Crippen LogP contribution is -2.01. The molecule has 5 heteroatoms. The summed E-state index contributed by atoms with van der Waals surface area (Å²) in [5.41, 5.74) is 2.69. The largest absolute Gasteiger partial charge is 0.481 e. The van der Waals surface area contributed by atoms with E-state index in [1.54, 1.807) is 12.1 Å². The van der Waals surface area contributed by atoms with E-state index in [2.05, 4.69) is 9.97 Å². The Bertz CT molecular complexity index is 504. The molecule has 5 nitrogen and oxygen atoms in total. The molecule has 2 aromatic rings. The lowest BCUT2D eigenvalue weighted by atomic mass is 10.1. The average Bonchev–Trinajstić information content (AvgIpc) is 2.66. The van der Waals surface area contributed by atoms with E-state index in [1.807, 2.05) is 0 Å². The Morgan fingerprint density at radius 2 is 2.13 bits per heavy atom. The molecule has 78 valence electrons. The number of fused-ring (bicyclic) bond motifs is 1. The van der Waals surface area contributed by atoms with Crippen LogP contribution in [-0.4, -0.2) is 26.2 Å². The maximum Gasteiger partial charge on any atom is 0.307 e. The highest BCUT2D eigenvalue weighted by Gasteiger charge is 2.10. The molecule has 0 unspecified atom stereocenters. The van der Waals surface area contributed by atoms with Crippen molar-refractivity contribution in [3.8, 4) is 0 Å². The van der Waals surface area contributed by atoms with E-state index in [1.165, 1.54) is 6.33 Å². The Hall–Kier alpha value is -1.88. The van der Waals surface area contributed by atoms with E-state index in [9.17, 15) is 4.79 Å². The number of aliphatic carboxylic acids is 1. The number of benzene rings is 1. The number of hydrogen-bond acceptors (Lipinski definition) is 3. The fourth-order valence-corrected chi connectivity index (χ4v) is 1.58. The van der Waals surface area contributed by atoms with Crippen LogP contribution in [-0.2, 0) is 17.8 Å². The second-order valence-electron chi connectivity index (χ2n) is 3.24. The van der Waals surface area contributed by atoms with Crippen LogP contribution in [0.4, 0.5) is 0 Å². The quantitative estimate of drug-likeness (QED) is 0.689. The van der Waals surface area contributed by atoms with Gasteiger partial charge in [0.15, 0.2) is 0 Å². The van der Waals surface area contributed by atoms with Crippen LogP contribution in [0.5, 0.6) is 0 Å². The van der Waals surface area contributed by atoms with Gasteiger partial charge in [0, 0.05) is 5.56 Å². The van der Waals surface area contributed by atoms with Gasteiger partial charge in [-0.15, -0.1) is 0 Å². The second kappa shape index (κ2) is 3.70. The summed E-state index contributed by atoms with van der Waals surface area (Å²) in [5.74, 6) is -0.893. The second-order valence-corrected chi connectivity index (χ2v) is 3.24. The molecule has 2 rings (SSSR count). The number of aromatic nitrogens is 2. The molecule has 3 N–H and O–H groups in total. The normalized spacial score (nSPS) is 10.7. The summed E-state index contributed by atoms with van der Waals surface area (Å²) >= 11 is 0. The number of nitrogens with zero attached hydrogens (tertiary/aromatic N) is 1. The van der Waals surface area contributed by atoms with Crippen LogP contribution in [0, 0.1) is 0 Å². The first-order valence-electron chi connectivity index (χ1n) is 4.49. The van der Waals surface area contributed by atoms with Crippen LogP contribution < -0.4 is 0 Å². The van der Waals surface area contributed by atoms with Crippen molar-refractivity contribution in [2.45, 2.75) is 13.0 Å². The number of hydrogen-bond donors (Lipinski definition) is 3. The molecule has 1 aromatic carbocycles. The first-order chi connectivity index (χ1) is 7.22. The van der Waals surface area contributed by atoms with Gasteiger partial charge in [-0.1, -0.05) is 12.1 Å². The fraction of sp³-hybridized carbons (Fsp3) is 0.200. The number of aliphatic hydroxyl groups is 1. The molecule has 0 aliphatic rings. The number of carboxylic acid groups (broad SMARTS) is 1. The molecule has 0 radical (unpaired) electrons. The Morgan fingerprint density at radius 1 is 1.40 bits per heavy atom. The number of nitrogens with one attached hydrogen (secondary N) is 1. The highest BCUT2D eigenvalue weighted by atomic mass is 16.4. The molecule has 0 bridgehead atoms. The molecule has 0 fully saturated rings. The molecule has 1 aromatic heterocycles. The molecule has 0 aliphatic heterocycles. The lowest BCUT2D eigenvalue weighted by Gasteiger charge is -2.02. The van der Waals surface area contributed by atoms with Crippen LogP contribution in [0.3, 0.4) is 0 Å². The van der Waals surface area contributed by atoms with E-state index in [4.69, 9.17) is 10.2 Å². The van der Waals surface area contributed by atoms with Gasteiger partial charge in [0.25, 0.3) is 0 Å². The number of aliphatic hydroxyl groups excluding tert-OH is 1. The van der Waals surface area contributed by atoms with Crippen LogP contribution in [0.1, 0.15) is 11.1 Å². The number of aromatic amines is 1. The number of H-pyrrole nitrogens is 1. The third-order valence-electron chi connectivity index (χ3n) is 2.26. The third-order valence-corrected chi connectivity index (χ3v) is 2.26. The van der Waals surface area contributed by atoms with E-state index < -0.39 is 5.97 Å². The third kappa shape index (κ3) is 1.69. The molecule has 1 heterocycles. The van der Waals surface area contributed by atoms with Gasteiger partial charge in [0.1, 0.15) is 0 Å². The SMILES string of the molecule is O=C(O)Cc1ccc(CO)c2[nH]cnc12. The predicted molar refractivity (Wildman–Crippen MR) is 53.4 cm³/mol. The Balaban J connectivity index is 2.58. The minimum Gasteiger partial charge on any atom is -0.481 e. The molecule has 0 saturated heterocycles. The minimum atomic E-state index is -0.893. The Labute approximate surface area is 85.4 Å². The highest BCUT2D eigenvalue weighted by Crippen LogP contribution is 2.19. The van der Waals surface area contributed by atoms with Crippen LogP contribution in [0.15, 0.2) is 18.5 Å². The van der Waals surface area contributed by atoms with Crippen LogP contribution >= 0.6 is 0 Å². The maximum absolute atomic E-state index is 10.6. The van der Waals surface area contributed by atoms with Gasteiger partial charge < -0.3 is 15.2 Å². The van der Waals surface area contributed by atoms with Crippen molar-refractivity contribution in [1.82, 2.24) is 9.97 Å². The van der Waals surface area contributed by atoms with E-state index >= 15 is 0 Å². The van der Waals surface area contributed by atoms with Crippen molar-refractivity contribution in [1.29, 1.82) is 0 Å². The standard InChI is InChI=1S/C10H10N2O3/c13-4-7-2-1-6(3-8(14)15)9-10(7)12-5-11-9/h1-2,5,13H,3-4H2,(H,11,12)(H,14,15). The van der Waals surface area contributed by atoms with E-state index in [0.29, 0.717) is 16.6 Å². The van der Waals surface area contributed by atoms with Crippen molar-refractivity contribution in [2.24, 2.45) is 0 Å². The van der Waals surface area contributed by atoms with Crippen molar-refractivity contribution >= 4 is 17.0 Å². The fourth-order valence-electron chi connectivity index (χ4n) is 1.58. The number of rotatable bonds is 3. The van der Waals surface area contributed by atoms with Crippen LogP contribution in [0.25, 0.3) is 11.0 Å². The van der Waals surface area contributed by atoms with Gasteiger partial charge in [-0.2, -0.15) is 0 Å². The molecular weight excluding hydrogens is 196 g/mol. The first kappa shape index (κ1) is 9.67. The highest BCUT2D eigenvalue weighted by molar-refractivity contribution is 5.85. The summed E-state index contributed by atoms with van der Waals surface area (Å²) in [7, 11) is 0. The average molecular weight is 206 g/mol. The molecule has 0 saturated carbocycles. The Morgan fingerprint density at radius 3 is 2.80 bits per heavy atom. The number of carboxylic acids is 1. The molecule has 0 amide bonds. The molecular formula is C10H10N2O3. The first-order valence-corrected chi connectivity index (χ1v) is 4.49. The topological polar surface area (TPSA) is 86.2 Å². The molecule has 0 aliphatic carbocycles. The van der Waals surface area contributed by atoms with Crippen LogP contribution in [0.2, 0.25) is 0 Å². The van der Waals surface area contributed by atoms with Crippen molar-refractivity contribution in [2.75, 3.05) is 0 Å². The lowest BCUT2D eigenvalue weighted by molar-refractivity contribution is -0.136. The summed E-state index contributed by atoms with van der Waals surface area (Å²) in [6.07, 6.45) is 1.43. The van der Waals surface area contributed by atoms with Gasteiger partial charge in [0.2, 0.25) is 0 Å². The van der Waals surface area contributed by atoms with Gasteiger partial charge in [0.05, 0.1) is 30.4 Å². The smallest absolute Gasteiger partial charge is 0.307 e. The summed E-state index contributed by atoms with van der Waals surface area (Å²) in [6, 6.07) is 3.39. The van der Waals surface area contributed by atoms with Gasteiger partial charge >= 0.3 is 5.97 Å². The van der Waals surface area contributed by atoms with Crippen molar-refractivity contribution < 1.29 is 15.0 Å². The van der Waals surface area contributed by atoms with Crippen molar-refractivity contribution in [3.63, 3.8) is 0 Å². The van der Waals surface area contributed by atoms with E-state index in [-0.39, 0.29) is 13.0 Å². The zero-order chi connectivity index (χ0) is 10.8.